The molecule has 7 amide bonds. The number of sulfonamides is 1. The lowest BCUT2D eigenvalue weighted by Gasteiger charge is -2.67. The van der Waals surface area contributed by atoms with E-state index in [2.05, 4.69) is 37.2 Å². The highest BCUT2D eigenvalue weighted by molar-refractivity contribution is 7.90. The first-order valence-corrected chi connectivity index (χ1v) is 41.5. The average molecular weight is 1710 g/mol. The van der Waals surface area contributed by atoms with E-state index in [4.69, 9.17) is 62.1 Å². The minimum absolute atomic E-state index is 0.00684. The number of benzene rings is 6. The SMILES string of the molecule is CCOCCOCCOc1ccc(S(=O)(=O)NC(=O)CC2NC(=O)C(NC(=O)C(CC(C)C)NC)C(O)c3ccc(c(Cl)c3)Oc3cc4cc(c3OC3OC(CO)C(O)C(O)C3O)Oc3ccc(cc3Cl)C(O)CC(=O)NC(C(=O)NC3C5CC6CC7CC3C67C5)c3cc(O)cc5c3-c3cc(ccc3C5(O)O)C(C(N)=O)NCC4NC2=O)cc1. The summed E-state index contributed by atoms with van der Waals surface area (Å²) in [7, 11) is -3.38. The number of phenols is 1. The van der Waals surface area contributed by atoms with Crippen molar-refractivity contribution in [3.05, 3.63) is 152 Å². The van der Waals surface area contributed by atoms with Crippen molar-refractivity contribution in [2.45, 2.75) is 162 Å². The van der Waals surface area contributed by atoms with Crippen LogP contribution in [0, 0.1) is 35.0 Å². The van der Waals surface area contributed by atoms with Crippen molar-refractivity contribution in [2.75, 3.05) is 53.2 Å². The van der Waals surface area contributed by atoms with Gasteiger partial charge in [0.15, 0.2) is 11.5 Å². The van der Waals surface area contributed by atoms with E-state index in [-0.39, 0.29) is 126 Å². The number of rotatable bonds is 23. The fraction of sp³-hybridized carbons (Fsp3) is 0.476. The molecular formula is C82H95Cl2N9O25S. The average Bonchev–Trinajstić information content (AvgIpc) is 1.49. The molecule has 10 aliphatic rings. The molecule has 1 spiro atoms. The molecule has 1 saturated heterocycles. The third-order valence-electron chi connectivity index (χ3n) is 24.1. The number of hydrogen-bond donors (Lipinski definition) is 18. The molecule has 5 aliphatic heterocycles. The van der Waals surface area contributed by atoms with E-state index >= 15 is 14.4 Å². The minimum atomic E-state index is -4.86. The molecule has 19 unspecified atom stereocenters. The zero-order valence-electron chi connectivity index (χ0n) is 65.0. The van der Waals surface area contributed by atoms with Crippen LogP contribution in [0.3, 0.4) is 0 Å². The number of aliphatic hydroxyl groups excluding tert-OH is 6. The number of nitrogens with two attached hydrogens (primary N) is 1. The highest BCUT2D eigenvalue weighted by Crippen LogP contribution is 2.81. The zero-order valence-corrected chi connectivity index (χ0v) is 67.3. The summed E-state index contributed by atoms with van der Waals surface area (Å²) in [6.07, 6.45) is -11.6. The summed E-state index contributed by atoms with van der Waals surface area (Å²) in [6, 6.07) is 9.89. The number of carbonyl (C=O) groups excluding carboxylic acids is 7. The zero-order chi connectivity index (χ0) is 85.0. The predicted octanol–water partition coefficient (Wildman–Crippen LogP) is 2.72. The molecule has 5 fully saturated rings. The van der Waals surface area contributed by atoms with Gasteiger partial charge >= 0.3 is 0 Å². The lowest BCUT2D eigenvalue weighted by molar-refractivity contribution is -0.277. The van der Waals surface area contributed by atoms with Gasteiger partial charge in [-0.25, -0.2) is 13.1 Å². The summed E-state index contributed by atoms with van der Waals surface area (Å²) in [4.78, 5) is 105. The van der Waals surface area contributed by atoms with E-state index < -0.39 is 190 Å². The molecule has 638 valence electrons. The van der Waals surface area contributed by atoms with Gasteiger partial charge in [-0.05, 0) is 199 Å². The Balaban J connectivity index is 0.907. The number of primary amides is 1. The summed E-state index contributed by atoms with van der Waals surface area (Å²) in [5, 5.41) is 124. The normalized spacial score (nSPS) is 28.7. The van der Waals surface area contributed by atoms with Gasteiger partial charge in [0.2, 0.25) is 59.2 Å². The van der Waals surface area contributed by atoms with Crippen molar-refractivity contribution >= 4 is 74.6 Å². The molecule has 19 atom stereocenters. The van der Waals surface area contributed by atoms with E-state index in [0.29, 0.717) is 31.7 Å². The van der Waals surface area contributed by atoms with Crippen LogP contribution < -0.4 is 66.6 Å². The number of likely N-dealkylation sites (N-methyl/N-ethyl adjacent to an activating group) is 1. The predicted molar refractivity (Wildman–Crippen MR) is 421 cm³/mol. The Morgan fingerprint density at radius 1 is 0.723 bits per heavy atom. The van der Waals surface area contributed by atoms with E-state index in [0.717, 1.165) is 49.9 Å². The van der Waals surface area contributed by atoms with Gasteiger partial charge < -0.3 is 117 Å². The summed E-state index contributed by atoms with van der Waals surface area (Å²) in [6.45, 7) is 5.19. The molecule has 6 aromatic carbocycles. The lowest BCUT2D eigenvalue weighted by atomic mass is 9.38. The monoisotopic (exact) mass is 1710 g/mol. The standard InChI is InChI=1S/C82H95Cl2N9O25S/c1-5-112-16-17-113-18-19-114-45-9-11-46(12-10-45)119(110,111)93-64(98)31-55-77(105)89-56-34-87-67(75(85)103)38-6-13-49-47(22-38)65-48(29-44(95)30-50(65)82(49,108)109)68(78(106)91-66-41-21-42-27-43-28-51(66)81(42,43)33-41)90-63(97)32-57(96)37-7-14-58(52(83)23-37)115-60-25-40(56)26-61(74(60)118-80-73(102)72(101)71(100)62(35-94)117-80)116-59-15-8-39(24-53(59)84)70(99)69(79(107)88-55)92-76(104)54(86-4)20-36(2)3/h6-15,22-26,29-30,36,41-43,51,54-57,62,66-73,80,86-87,94-96,99-102,108-109H,5,16-21,27-28,31-35H2,1-4H3,(H2,85,103)(H,88,107)(H,89,105)(H,90,97)(H,91,106)(H,92,104)(H,93,98). The van der Waals surface area contributed by atoms with Crippen LogP contribution in [0.2, 0.25) is 10.0 Å². The number of halogens is 2. The summed E-state index contributed by atoms with van der Waals surface area (Å²) < 4.78 is 72.5. The number of carbonyl (C=O) groups is 7. The molecule has 37 heteroatoms. The van der Waals surface area contributed by atoms with Gasteiger partial charge in [-0.1, -0.05) is 61.3 Å². The number of nitrogens with one attached hydrogen (secondary N) is 8. The van der Waals surface area contributed by atoms with Crippen LogP contribution >= 0.6 is 23.2 Å². The maximum Gasteiger partial charge on any atom is 0.264 e. The van der Waals surface area contributed by atoms with Gasteiger partial charge in [-0.15, -0.1) is 0 Å². The van der Waals surface area contributed by atoms with Crippen molar-refractivity contribution < 1.29 is 121 Å². The third-order valence-corrected chi connectivity index (χ3v) is 26.0. The molecule has 0 radical (unpaired) electrons. The molecule has 4 saturated carbocycles. The van der Waals surface area contributed by atoms with Gasteiger partial charge in [-0.3, -0.25) is 38.9 Å². The molecule has 19 N–H and O–H groups in total. The number of fused-ring (bicyclic) bond motifs is 17. The molecule has 34 nitrogen and oxygen atoms in total. The molecule has 0 aromatic heterocycles. The Labute approximate surface area is 693 Å². The second kappa shape index (κ2) is 35.0. The number of ether oxygens (including phenoxy) is 7. The number of hydrogen-bond acceptors (Lipinski definition) is 27. The van der Waals surface area contributed by atoms with Crippen molar-refractivity contribution in [1.29, 1.82) is 0 Å². The van der Waals surface area contributed by atoms with Crippen molar-refractivity contribution in [3.63, 3.8) is 0 Å². The number of aliphatic hydroxyl groups is 8. The third kappa shape index (κ3) is 17.2. The first-order valence-electron chi connectivity index (χ1n) is 39.3. The van der Waals surface area contributed by atoms with Gasteiger partial charge in [0, 0.05) is 30.3 Å². The van der Waals surface area contributed by atoms with E-state index in [1.165, 1.54) is 85.9 Å². The first kappa shape index (κ1) is 86.0. The topological polar surface area (TPSA) is 523 Å². The lowest BCUT2D eigenvalue weighted by Crippen LogP contribution is -2.65. The Hall–Kier alpha value is -9.38. The largest absolute Gasteiger partial charge is 0.508 e. The molecule has 11 bridgehead atoms. The van der Waals surface area contributed by atoms with Crippen LogP contribution in [0.4, 0.5) is 0 Å². The van der Waals surface area contributed by atoms with Crippen LogP contribution in [0.25, 0.3) is 11.1 Å². The molecule has 119 heavy (non-hydrogen) atoms. The van der Waals surface area contributed by atoms with Crippen molar-refractivity contribution in [3.8, 4) is 51.4 Å². The second-order valence-corrected chi connectivity index (χ2v) is 34.3. The fourth-order valence-electron chi connectivity index (χ4n) is 18.2. The number of phenolic OH excluding ortho intramolecular Hbond substituents is 1. The maximum atomic E-state index is 16.0. The number of aromatic hydroxyl groups is 1. The molecule has 5 aliphatic carbocycles. The van der Waals surface area contributed by atoms with Crippen molar-refractivity contribution in [2.24, 2.45) is 40.7 Å². The Kier molecular flexibility index (Phi) is 25.3. The first-order chi connectivity index (χ1) is 56.7. The van der Waals surface area contributed by atoms with Gasteiger partial charge in [0.05, 0.1) is 72.4 Å². The second-order valence-electron chi connectivity index (χ2n) is 31.8. The fourth-order valence-corrected chi connectivity index (χ4v) is 19.7. The summed E-state index contributed by atoms with van der Waals surface area (Å²) in [5.74, 6) is -12.0. The van der Waals surface area contributed by atoms with Crippen LogP contribution in [0.15, 0.2) is 108 Å². The van der Waals surface area contributed by atoms with Gasteiger partial charge in [0.25, 0.3) is 10.0 Å². The van der Waals surface area contributed by atoms with Gasteiger partial charge in [-0.2, -0.15) is 0 Å². The van der Waals surface area contributed by atoms with Crippen LogP contribution in [0.5, 0.6) is 40.2 Å². The van der Waals surface area contributed by atoms with Crippen LogP contribution in [-0.4, -0.2) is 204 Å². The smallest absolute Gasteiger partial charge is 0.264 e. The Bertz CT molecular complexity index is 5030. The summed E-state index contributed by atoms with van der Waals surface area (Å²) >= 11 is 14.3. The molecule has 16 rings (SSSR count). The molecule has 6 aromatic rings. The van der Waals surface area contributed by atoms with Crippen LogP contribution in [0.1, 0.15) is 135 Å². The van der Waals surface area contributed by atoms with E-state index in [1.807, 2.05) is 25.5 Å². The maximum absolute atomic E-state index is 16.0. The van der Waals surface area contributed by atoms with E-state index in [1.54, 1.807) is 0 Å². The Morgan fingerprint density at radius 3 is 2.05 bits per heavy atom. The summed E-state index contributed by atoms with van der Waals surface area (Å²) in [5.41, 5.74) is 5.21. The number of amides is 7. The highest BCUT2D eigenvalue weighted by Gasteiger charge is 2.76. The highest BCUT2D eigenvalue weighted by atomic mass is 35.5. The van der Waals surface area contributed by atoms with Crippen molar-refractivity contribution in [1.82, 2.24) is 41.9 Å². The Morgan fingerprint density at radius 2 is 1.39 bits per heavy atom. The van der Waals surface area contributed by atoms with E-state index in [9.17, 15) is 73.6 Å². The quantitative estimate of drug-likeness (QED) is 0.0324. The molecular weight excluding hydrogens is 1610 g/mol. The van der Waals surface area contributed by atoms with Gasteiger partial charge in [0.1, 0.15) is 84.3 Å². The van der Waals surface area contributed by atoms with Crippen LogP contribution in [-0.2, 0) is 63.6 Å². The molecule has 5 heterocycles. The minimum Gasteiger partial charge on any atom is -0.508 e.